The van der Waals surface area contributed by atoms with Gasteiger partial charge in [-0.05, 0) is 59.4 Å². The Morgan fingerprint density at radius 2 is 1.71 bits per heavy atom. The van der Waals surface area contributed by atoms with Crippen molar-refractivity contribution in [1.82, 2.24) is 19.8 Å². The summed E-state index contributed by atoms with van der Waals surface area (Å²) in [6.45, 7) is 7.32. The normalized spacial score (nSPS) is 17.2. The van der Waals surface area contributed by atoms with Crippen LogP contribution >= 0.6 is 23.2 Å². The molecule has 212 valence electrons. The van der Waals surface area contributed by atoms with Gasteiger partial charge in [0, 0.05) is 69.7 Å². The molecular weight excluding hydrogens is 553 g/mol. The zero-order valence-electron chi connectivity index (χ0n) is 23.3. The van der Waals surface area contributed by atoms with Crippen LogP contribution < -0.4 is 5.32 Å². The minimum atomic E-state index is 0.167. The van der Waals surface area contributed by atoms with Crippen molar-refractivity contribution >= 4 is 34.8 Å². The number of methoxy groups -OCH3 is 1. The van der Waals surface area contributed by atoms with Gasteiger partial charge in [-0.2, -0.15) is 0 Å². The summed E-state index contributed by atoms with van der Waals surface area (Å²) in [6, 6.07) is 23.0. The maximum atomic E-state index is 6.38. The summed E-state index contributed by atoms with van der Waals surface area (Å²) in [5, 5.41) is 4.60. The van der Waals surface area contributed by atoms with Crippen molar-refractivity contribution in [3.8, 4) is 11.3 Å². The Balaban J connectivity index is 1.14. The van der Waals surface area contributed by atoms with Crippen LogP contribution in [0.15, 0.2) is 72.9 Å². The lowest BCUT2D eigenvalue weighted by atomic mass is 9.78. The number of fused-ring (bicyclic) bond motifs is 3. The number of hydrogen-bond donors (Lipinski definition) is 1. The minimum Gasteiger partial charge on any atom is -0.383 e. The summed E-state index contributed by atoms with van der Waals surface area (Å²) in [6.07, 6.45) is 3.78. The fourth-order valence-electron chi connectivity index (χ4n) is 5.90. The van der Waals surface area contributed by atoms with Gasteiger partial charge in [0.25, 0.3) is 0 Å². The molecule has 0 radical (unpaired) electrons. The van der Waals surface area contributed by atoms with Crippen LogP contribution in [-0.2, 0) is 17.6 Å². The van der Waals surface area contributed by atoms with E-state index in [-0.39, 0.29) is 5.92 Å². The molecule has 6 nitrogen and oxygen atoms in total. The molecule has 0 amide bonds. The first-order chi connectivity index (χ1) is 20.1. The maximum absolute atomic E-state index is 6.38. The third-order valence-electron chi connectivity index (χ3n) is 8.20. The van der Waals surface area contributed by atoms with Crippen LogP contribution in [0.5, 0.6) is 0 Å². The predicted octanol–water partition coefficient (Wildman–Crippen LogP) is 6.69. The van der Waals surface area contributed by atoms with Gasteiger partial charge in [-0.1, -0.05) is 65.7 Å². The van der Waals surface area contributed by atoms with Crippen molar-refractivity contribution in [2.45, 2.75) is 18.8 Å². The smallest absolute Gasteiger partial charge is 0.227 e. The fraction of sp³-hybridized carbons (Fsp3) is 0.333. The highest BCUT2D eigenvalue weighted by Crippen LogP contribution is 2.43. The molecule has 4 aromatic rings. The van der Waals surface area contributed by atoms with E-state index < -0.39 is 0 Å². The molecule has 0 saturated carbocycles. The van der Waals surface area contributed by atoms with E-state index in [4.69, 9.17) is 37.9 Å². The van der Waals surface area contributed by atoms with Gasteiger partial charge < -0.3 is 15.0 Å². The van der Waals surface area contributed by atoms with Crippen molar-refractivity contribution in [2.24, 2.45) is 0 Å². The molecule has 2 heterocycles. The van der Waals surface area contributed by atoms with Crippen molar-refractivity contribution in [3.05, 3.63) is 105 Å². The Morgan fingerprint density at radius 3 is 2.51 bits per heavy atom. The van der Waals surface area contributed by atoms with E-state index in [9.17, 15) is 0 Å². The summed E-state index contributed by atoms with van der Waals surface area (Å²) in [7, 11) is 1.77. The molecule has 41 heavy (non-hydrogen) atoms. The van der Waals surface area contributed by atoms with Gasteiger partial charge in [0.15, 0.2) is 0 Å². The van der Waals surface area contributed by atoms with Crippen LogP contribution in [0, 0.1) is 0 Å². The average molecular weight is 589 g/mol. The lowest BCUT2D eigenvalue weighted by Crippen LogP contribution is -2.47. The largest absolute Gasteiger partial charge is 0.383 e. The van der Waals surface area contributed by atoms with Crippen molar-refractivity contribution in [1.29, 1.82) is 0 Å². The van der Waals surface area contributed by atoms with Gasteiger partial charge in [0.1, 0.15) is 0 Å². The maximum Gasteiger partial charge on any atom is 0.227 e. The Bertz CT molecular complexity index is 1500. The van der Waals surface area contributed by atoms with Crippen LogP contribution in [0.3, 0.4) is 0 Å². The number of ether oxygens (including phenoxy) is 1. The lowest BCUT2D eigenvalue weighted by molar-refractivity contribution is 0.0976. The van der Waals surface area contributed by atoms with Crippen LogP contribution in [-0.4, -0.2) is 72.8 Å². The molecular formula is C33H35Cl2N5O. The van der Waals surface area contributed by atoms with Gasteiger partial charge in [-0.3, -0.25) is 4.90 Å². The number of nitrogens with zero attached hydrogens (tertiary/aromatic N) is 4. The monoisotopic (exact) mass is 587 g/mol. The number of anilines is 2. The molecule has 0 unspecified atom stereocenters. The zero-order valence-corrected chi connectivity index (χ0v) is 24.8. The standard InChI is InChI=1S/C33H35Cl2N5O/c1-41-18-17-40-15-13-39(14-16-40)12-11-23-5-4-6-26(19-23)37-33-36-22-25-20-29(24-9-10-30(34)31(35)21-24)27-7-2-3-8-28(27)32(25)38-33/h2-10,19,21-22,29H,11-18,20H2,1H3,(H,36,37,38)/t29-/m0/s1. The molecule has 8 heteroatoms. The summed E-state index contributed by atoms with van der Waals surface area (Å²) in [5.74, 6) is 0.775. The number of benzene rings is 3. The molecule has 0 bridgehead atoms. The molecule has 1 atom stereocenters. The Labute approximate surface area is 252 Å². The van der Waals surface area contributed by atoms with E-state index in [1.54, 1.807) is 7.11 Å². The molecule has 3 aromatic carbocycles. The second-order valence-electron chi connectivity index (χ2n) is 10.8. The molecule has 1 fully saturated rings. The molecule has 1 aliphatic heterocycles. The van der Waals surface area contributed by atoms with Crippen LogP contribution in [0.1, 0.15) is 28.2 Å². The van der Waals surface area contributed by atoms with Crippen molar-refractivity contribution in [3.63, 3.8) is 0 Å². The first kappa shape index (κ1) is 28.1. The van der Waals surface area contributed by atoms with Gasteiger partial charge in [-0.15, -0.1) is 0 Å². The molecule has 1 saturated heterocycles. The fourth-order valence-corrected chi connectivity index (χ4v) is 6.21. The topological polar surface area (TPSA) is 53.5 Å². The summed E-state index contributed by atoms with van der Waals surface area (Å²) in [4.78, 5) is 14.7. The predicted molar refractivity (Wildman–Crippen MR) is 168 cm³/mol. The molecule has 2 aliphatic rings. The third-order valence-corrected chi connectivity index (χ3v) is 8.94. The zero-order chi connectivity index (χ0) is 28.2. The Morgan fingerprint density at radius 1 is 0.902 bits per heavy atom. The van der Waals surface area contributed by atoms with Gasteiger partial charge in [-0.25, -0.2) is 9.97 Å². The number of hydrogen-bond acceptors (Lipinski definition) is 6. The quantitative estimate of drug-likeness (QED) is 0.235. The highest BCUT2D eigenvalue weighted by atomic mass is 35.5. The molecule has 6 rings (SSSR count). The van der Waals surface area contributed by atoms with Gasteiger partial charge >= 0.3 is 0 Å². The Hall–Kier alpha value is -3.00. The number of piperazine rings is 1. The van der Waals surface area contributed by atoms with E-state index in [2.05, 4.69) is 69.7 Å². The molecule has 1 aliphatic carbocycles. The van der Waals surface area contributed by atoms with Gasteiger partial charge in [0.2, 0.25) is 5.95 Å². The second kappa shape index (κ2) is 12.9. The first-order valence-corrected chi connectivity index (χ1v) is 15.0. The van der Waals surface area contributed by atoms with Crippen LogP contribution in [0.25, 0.3) is 11.3 Å². The average Bonchev–Trinajstić information content (AvgIpc) is 3.01. The number of rotatable bonds is 9. The third kappa shape index (κ3) is 6.58. The molecule has 1 N–H and O–H groups in total. The van der Waals surface area contributed by atoms with E-state index in [1.165, 1.54) is 11.1 Å². The van der Waals surface area contributed by atoms with E-state index in [0.29, 0.717) is 16.0 Å². The highest BCUT2D eigenvalue weighted by molar-refractivity contribution is 6.42. The second-order valence-corrected chi connectivity index (χ2v) is 11.7. The van der Waals surface area contributed by atoms with E-state index in [0.717, 1.165) is 86.8 Å². The number of aromatic nitrogens is 2. The van der Waals surface area contributed by atoms with Crippen LogP contribution in [0.4, 0.5) is 11.6 Å². The molecule has 1 aromatic heterocycles. The lowest BCUT2D eigenvalue weighted by Gasteiger charge is -2.34. The first-order valence-electron chi connectivity index (χ1n) is 14.3. The summed E-state index contributed by atoms with van der Waals surface area (Å²) >= 11 is 12.6. The highest BCUT2D eigenvalue weighted by Gasteiger charge is 2.28. The van der Waals surface area contributed by atoms with E-state index >= 15 is 0 Å². The minimum absolute atomic E-state index is 0.167. The number of halogens is 2. The van der Waals surface area contributed by atoms with Crippen molar-refractivity contribution in [2.75, 3.05) is 58.3 Å². The summed E-state index contributed by atoms with van der Waals surface area (Å²) < 4.78 is 5.22. The number of nitrogens with one attached hydrogen (secondary N) is 1. The Kier molecular flexibility index (Phi) is 8.84. The van der Waals surface area contributed by atoms with Crippen LogP contribution in [0.2, 0.25) is 10.0 Å². The SMILES string of the molecule is COCCN1CCN(CCc2cccc(Nc3ncc4c(n3)-c3ccccc3[C@H](c3ccc(Cl)c(Cl)c3)C4)c2)CC1. The van der Waals surface area contributed by atoms with Crippen molar-refractivity contribution < 1.29 is 4.74 Å². The van der Waals surface area contributed by atoms with E-state index in [1.807, 2.05) is 18.3 Å². The summed E-state index contributed by atoms with van der Waals surface area (Å²) in [5.41, 5.74) is 7.94. The van der Waals surface area contributed by atoms with Gasteiger partial charge in [0.05, 0.1) is 22.3 Å². The molecule has 0 spiro atoms.